The van der Waals surface area contributed by atoms with E-state index >= 15 is 0 Å². The zero-order valence-electron chi connectivity index (χ0n) is 16.5. The number of carbonyl (C=O) groups is 1. The topological polar surface area (TPSA) is 74.4 Å². The van der Waals surface area contributed by atoms with Gasteiger partial charge < -0.3 is 25.6 Å². The zero-order valence-corrected chi connectivity index (χ0v) is 17.6. The van der Waals surface area contributed by atoms with E-state index in [1.54, 1.807) is 0 Å². The van der Waals surface area contributed by atoms with E-state index in [1.807, 2.05) is 23.0 Å². The first-order valence-electron chi connectivity index (χ1n) is 9.48. The minimum Gasteiger partial charge on any atom is -0.483 e. The van der Waals surface area contributed by atoms with Gasteiger partial charge in [-0.25, -0.2) is 0 Å². The molecule has 3 unspecified atom stereocenters. The summed E-state index contributed by atoms with van der Waals surface area (Å²) in [6.07, 6.45) is 9.07. The Morgan fingerprint density at radius 2 is 1.76 bits per heavy atom. The van der Waals surface area contributed by atoms with Crippen molar-refractivity contribution in [2.75, 3.05) is 20.1 Å². The molecule has 0 spiro atoms. The summed E-state index contributed by atoms with van der Waals surface area (Å²) in [5.74, 6) is 1.08. The highest BCUT2D eigenvalue weighted by Crippen LogP contribution is 2.15. The van der Waals surface area contributed by atoms with Crippen LogP contribution in [0.5, 0.6) is 0 Å². The second kappa shape index (κ2) is 16.9. The van der Waals surface area contributed by atoms with Gasteiger partial charge in [0, 0.05) is 6.54 Å². The Hall–Kier alpha value is -0.550. The number of allylic oxidation sites excluding steroid dienone is 1. The Balaban J connectivity index is 4.00. The molecular weight excluding hydrogens is 333 g/mol. The molecule has 0 aliphatic carbocycles. The molecule has 6 nitrogen and oxygen atoms in total. The summed E-state index contributed by atoms with van der Waals surface area (Å²) in [4.78, 5) is 12.2. The third-order valence-corrected chi connectivity index (χ3v) is 4.56. The van der Waals surface area contributed by atoms with Gasteiger partial charge in [0.15, 0.2) is 16.0 Å². The second-order valence-corrected chi connectivity index (χ2v) is 6.44. The molecule has 0 aliphatic rings. The van der Waals surface area contributed by atoms with Crippen LogP contribution < -0.4 is 21.1 Å². The van der Waals surface area contributed by atoms with Gasteiger partial charge in [0.1, 0.15) is 5.76 Å². The van der Waals surface area contributed by atoms with Gasteiger partial charge >= 0.3 is 0 Å². The molecule has 0 radical (unpaired) electrons. The van der Waals surface area contributed by atoms with E-state index in [4.69, 9.17) is 4.52 Å². The summed E-state index contributed by atoms with van der Waals surface area (Å²) in [6.45, 7) is 3.82. The van der Waals surface area contributed by atoms with Gasteiger partial charge in [-0.15, -0.1) is 0 Å². The maximum Gasteiger partial charge on any atom is 0.236 e. The fraction of sp³-hybridized carbons (Fsp3) is 0.812. The lowest BCUT2D eigenvalue weighted by molar-refractivity contribution is -0.122. The molecule has 0 saturated carbocycles. The first-order valence-corrected chi connectivity index (χ1v) is 9.95. The Bertz CT molecular complexity index is 376. The highest BCUT2D eigenvalue weighted by Gasteiger charge is 2.15. The maximum absolute atomic E-state index is 12.2. The van der Waals surface area contributed by atoms with Gasteiger partial charge in [-0.3, -0.25) is 4.79 Å². The molecule has 1 amide bonds. The van der Waals surface area contributed by atoms with Crippen LogP contribution in [0.3, 0.4) is 0 Å². The third-order valence-electron chi connectivity index (χ3n) is 4.29. The molecular formula is C16H37B2N4O2P. The van der Waals surface area contributed by atoms with Gasteiger partial charge in [0.05, 0.1) is 21.6 Å². The lowest BCUT2D eigenvalue weighted by Gasteiger charge is -2.19. The number of hydrogen-bond acceptors (Lipinski definition) is 5. The molecule has 3 atom stereocenters. The van der Waals surface area contributed by atoms with Crippen LogP contribution >= 0.6 is 9.47 Å². The van der Waals surface area contributed by atoms with Gasteiger partial charge in [-0.05, 0) is 58.2 Å². The normalized spacial score (nSPS) is 14.1. The number of amides is 1. The van der Waals surface area contributed by atoms with Crippen molar-refractivity contribution < 1.29 is 9.32 Å². The largest absolute Gasteiger partial charge is 0.483 e. The van der Waals surface area contributed by atoms with Crippen LogP contribution in [0.25, 0.3) is 0 Å². The SMILES string of the molecule is BNCCCCC(NB)C(=O)NCCCCC(NC)/C(=C\CC)OP. The number of nitrogens with one attached hydrogen (secondary N) is 4. The van der Waals surface area contributed by atoms with E-state index in [-0.39, 0.29) is 18.0 Å². The van der Waals surface area contributed by atoms with Crippen molar-refractivity contribution in [2.45, 2.75) is 64.0 Å². The van der Waals surface area contributed by atoms with Crippen LogP contribution in [0, 0.1) is 0 Å². The fourth-order valence-electron chi connectivity index (χ4n) is 2.77. The second-order valence-electron chi connectivity index (χ2n) is 6.20. The van der Waals surface area contributed by atoms with Gasteiger partial charge in [0.2, 0.25) is 5.91 Å². The molecule has 0 aromatic carbocycles. The maximum atomic E-state index is 12.2. The average molecular weight is 370 g/mol. The Labute approximate surface area is 158 Å². The van der Waals surface area contributed by atoms with E-state index in [9.17, 15) is 4.79 Å². The molecule has 0 bridgehead atoms. The van der Waals surface area contributed by atoms with Crippen LogP contribution in [0.2, 0.25) is 0 Å². The summed E-state index contributed by atoms with van der Waals surface area (Å²) in [5, 5.41) is 12.6. The average Bonchev–Trinajstić information content (AvgIpc) is 2.63. The van der Waals surface area contributed by atoms with Gasteiger partial charge in [0.25, 0.3) is 0 Å². The Kier molecular flexibility index (Phi) is 16.5. The van der Waals surface area contributed by atoms with Crippen molar-refractivity contribution in [1.29, 1.82) is 0 Å². The molecule has 0 aliphatic heterocycles. The highest BCUT2D eigenvalue weighted by molar-refractivity contribution is 7.10. The third kappa shape index (κ3) is 11.6. The monoisotopic (exact) mass is 370 g/mol. The summed E-state index contributed by atoms with van der Waals surface area (Å²) < 4.78 is 5.37. The summed E-state index contributed by atoms with van der Waals surface area (Å²) >= 11 is 0. The van der Waals surface area contributed by atoms with Crippen LogP contribution in [0.15, 0.2) is 11.8 Å². The number of likely N-dealkylation sites (N-methyl/N-ethyl adjacent to an activating group) is 1. The standard InChI is InChI=1S/C16H37B2N4O2P/c1-3-8-15(24-25)13(19-2)9-4-6-11-20-16(23)14(22-18)10-5-7-12-21-17/h8,13-14,19,21-22H,3-7,9-12,17-18,25H2,1-2H3,(H,20,23)/b15-8+. The van der Waals surface area contributed by atoms with Crippen molar-refractivity contribution in [2.24, 2.45) is 0 Å². The van der Waals surface area contributed by atoms with Gasteiger partial charge in [-0.2, -0.15) is 0 Å². The molecule has 4 N–H and O–H groups in total. The number of rotatable bonds is 16. The first-order chi connectivity index (χ1) is 12.1. The highest BCUT2D eigenvalue weighted by atomic mass is 31.0. The van der Waals surface area contributed by atoms with E-state index in [1.165, 1.54) is 0 Å². The van der Waals surface area contributed by atoms with Crippen molar-refractivity contribution in [3.05, 3.63) is 11.8 Å². The fourth-order valence-corrected chi connectivity index (χ4v) is 3.03. The quantitative estimate of drug-likeness (QED) is 0.131. The van der Waals surface area contributed by atoms with E-state index in [0.29, 0.717) is 0 Å². The Morgan fingerprint density at radius 3 is 2.28 bits per heavy atom. The predicted molar refractivity (Wildman–Crippen MR) is 115 cm³/mol. The van der Waals surface area contributed by atoms with E-state index in [2.05, 4.69) is 43.6 Å². The summed E-state index contributed by atoms with van der Waals surface area (Å²) in [7, 11) is 8.08. The minimum absolute atomic E-state index is 0.0912. The number of hydrogen-bond donors (Lipinski definition) is 4. The van der Waals surface area contributed by atoms with Crippen LogP contribution in [0.4, 0.5) is 0 Å². The van der Waals surface area contributed by atoms with Crippen molar-refractivity contribution >= 4 is 31.3 Å². The van der Waals surface area contributed by atoms with Crippen molar-refractivity contribution in [1.82, 2.24) is 21.1 Å². The van der Waals surface area contributed by atoms with Gasteiger partial charge in [-0.1, -0.05) is 13.3 Å². The minimum atomic E-state index is -0.0912. The lowest BCUT2D eigenvalue weighted by Crippen LogP contribution is -2.43. The van der Waals surface area contributed by atoms with Crippen molar-refractivity contribution in [3.63, 3.8) is 0 Å². The molecule has 9 heteroatoms. The molecule has 0 rings (SSSR count). The molecule has 0 aromatic rings. The molecule has 0 aromatic heterocycles. The van der Waals surface area contributed by atoms with Crippen molar-refractivity contribution in [3.8, 4) is 0 Å². The predicted octanol–water partition coefficient (Wildman–Crippen LogP) is -0.224. The zero-order chi connectivity index (χ0) is 18.9. The molecule has 0 saturated heterocycles. The molecule has 0 fully saturated rings. The number of unbranched alkanes of at least 4 members (excludes halogenated alkanes) is 2. The van der Waals surface area contributed by atoms with E-state index in [0.717, 1.165) is 63.8 Å². The number of carbonyl (C=O) groups excluding carboxylic acids is 1. The van der Waals surface area contributed by atoms with E-state index < -0.39 is 0 Å². The Morgan fingerprint density at radius 1 is 1.12 bits per heavy atom. The molecule has 0 heterocycles. The van der Waals surface area contributed by atoms with Crippen LogP contribution in [0.1, 0.15) is 51.9 Å². The smallest absolute Gasteiger partial charge is 0.236 e. The molecule has 25 heavy (non-hydrogen) atoms. The lowest BCUT2D eigenvalue weighted by atomic mass is 10.1. The molecule has 144 valence electrons. The van der Waals surface area contributed by atoms with Crippen LogP contribution in [-0.4, -0.2) is 54.1 Å². The summed E-state index contributed by atoms with van der Waals surface area (Å²) in [6, 6.07) is 0.136. The van der Waals surface area contributed by atoms with Crippen LogP contribution in [-0.2, 0) is 9.32 Å². The summed E-state index contributed by atoms with van der Waals surface area (Å²) in [5.41, 5.74) is 0. The first kappa shape index (κ1) is 24.4.